The zero-order valence-corrected chi connectivity index (χ0v) is 10.4. The highest BCUT2D eigenvalue weighted by atomic mass is 16.4. The van der Waals surface area contributed by atoms with E-state index >= 15 is 0 Å². The second kappa shape index (κ2) is 4.37. The van der Waals surface area contributed by atoms with Crippen LogP contribution in [0.4, 0.5) is 10.5 Å². The zero-order valence-electron chi connectivity index (χ0n) is 10.4. The molecular weight excluding hydrogens is 262 g/mol. The van der Waals surface area contributed by atoms with E-state index in [0.29, 0.717) is 24.3 Å². The van der Waals surface area contributed by atoms with Crippen molar-refractivity contribution in [1.29, 1.82) is 0 Å². The number of benzene rings is 1. The normalized spacial score (nSPS) is 13.3. The summed E-state index contributed by atoms with van der Waals surface area (Å²) in [4.78, 5) is 37.3. The van der Waals surface area contributed by atoms with E-state index in [9.17, 15) is 14.4 Å². The minimum atomic E-state index is -1.02. The number of fused-ring (bicyclic) bond motifs is 1. The Morgan fingerprint density at radius 2 is 2.05 bits per heavy atom. The summed E-state index contributed by atoms with van der Waals surface area (Å²) in [6.45, 7) is 0.411. The number of nitrogens with zero attached hydrogens (tertiary/aromatic N) is 2. The molecule has 0 saturated carbocycles. The number of amides is 1. The minimum Gasteiger partial charge on any atom is -0.465 e. The summed E-state index contributed by atoms with van der Waals surface area (Å²) in [7, 11) is 0. The molecule has 0 fully saturated rings. The first-order valence-corrected chi connectivity index (χ1v) is 6.02. The third-order valence-electron chi connectivity index (χ3n) is 3.30. The Morgan fingerprint density at radius 3 is 2.75 bits per heavy atom. The molecule has 0 spiro atoms. The quantitative estimate of drug-likeness (QED) is 0.793. The molecule has 102 valence electrons. The van der Waals surface area contributed by atoms with Gasteiger partial charge in [-0.05, 0) is 24.1 Å². The van der Waals surface area contributed by atoms with Gasteiger partial charge in [-0.1, -0.05) is 6.07 Å². The van der Waals surface area contributed by atoms with E-state index in [-0.39, 0.29) is 0 Å². The molecule has 2 heterocycles. The summed E-state index contributed by atoms with van der Waals surface area (Å²) in [5.74, 6) is 0. The van der Waals surface area contributed by atoms with Gasteiger partial charge in [0.25, 0.3) is 5.56 Å². The van der Waals surface area contributed by atoms with Crippen molar-refractivity contribution in [2.24, 2.45) is 0 Å². The van der Waals surface area contributed by atoms with Gasteiger partial charge in [0.15, 0.2) is 0 Å². The lowest BCUT2D eigenvalue weighted by Gasteiger charge is -2.14. The number of hydrogen-bond donors (Lipinski definition) is 2. The maximum Gasteiger partial charge on any atom is 0.411 e. The monoisotopic (exact) mass is 273 g/mol. The molecule has 1 amide bonds. The topological polar surface area (TPSA) is 95.4 Å². The average Bonchev–Trinajstić information content (AvgIpc) is 2.81. The molecule has 0 unspecified atom stereocenters. The van der Waals surface area contributed by atoms with Crippen LogP contribution in [-0.4, -0.2) is 27.3 Å². The molecule has 2 N–H and O–H groups in total. The first-order chi connectivity index (χ1) is 9.56. The Kier molecular flexibility index (Phi) is 2.67. The van der Waals surface area contributed by atoms with Crippen molar-refractivity contribution in [2.45, 2.75) is 6.42 Å². The molecule has 7 nitrogen and oxygen atoms in total. The van der Waals surface area contributed by atoms with Crippen LogP contribution in [0.2, 0.25) is 0 Å². The van der Waals surface area contributed by atoms with Gasteiger partial charge in [-0.25, -0.2) is 9.59 Å². The van der Waals surface area contributed by atoms with E-state index in [4.69, 9.17) is 5.11 Å². The molecule has 2 aromatic rings. The summed E-state index contributed by atoms with van der Waals surface area (Å²) in [6, 6.07) is 6.40. The summed E-state index contributed by atoms with van der Waals surface area (Å²) >= 11 is 0. The molecule has 7 heteroatoms. The number of nitrogens with one attached hydrogen (secondary N) is 1. The smallest absolute Gasteiger partial charge is 0.411 e. The van der Waals surface area contributed by atoms with Crippen molar-refractivity contribution in [2.75, 3.05) is 11.4 Å². The van der Waals surface area contributed by atoms with Crippen molar-refractivity contribution >= 4 is 11.8 Å². The third-order valence-corrected chi connectivity index (χ3v) is 3.30. The fourth-order valence-corrected chi connectivity index (χ4v) is 2.34. The van der Waals surface area contributed by atoms with Crippen LogP contribution in [0, 0.1) is 0 Å². The number of aromatic amines is 1. The van der Waals surface area contributed by atoms with E-state index in [1.807, 2.05) is 0 Å². The highest BCUT2D eigenvalue weighted by Crippen LogP contribution is 2.29. The Bertz CT molecular complexity index is 806. The molecule has 20 heavy (non-hydrogen) atoms. The molecule has 3 rings (SSSR count). The van der Waals surface area contributed by atoms with Gasteiger partial charge in [-0.15, -0.1) is 0 Å². The highest BCUT2D eigenvalue weighted by molar-refractivity contribution is 5.89. The van der Waals surface area contributed by atoms with Crippen LogP contribution >= 0.6 is 0 Å². The SMILES string of the molecule is O=C(O)N1CCc2ccc(-n3ccc(=O)[nH]c3=O)cc21. The van der Waals surface area contributed by atoms with E-state index in [2.05, 4.69) is 4.98 Å². The summed E-state index contributed by atoms with van der Waals surface area (Å²) < 4.78 is 1.26. The number of carbonyl (C=O) groups is 1. The minimum absolute atomic E-state index is 0.411. The molecule has 1 aliphatic heterocycles. The van der Waals surface area contributed by atoms with Crippen LogP contribution in [-0.2, 0) is 6.42 Å². The zero-order chi connectivity index (χ0) is 14.3. The van der Waals surface area contributed by atoms with Crippen LogP contribution in [0.15, 0.2) is 40.1 Å². The fourth-order valence-electron chi connectivity index (χ4n) is 2.34. The van der Waals surface area contributed by atoms with Gasteiger partial charge < -0.3 is 5.11 Å². The van der Waals surface area contributed by atoms with E-state index in [1.54, 1.807) is 18.2 Å². The highest BCUT2D eigenvalue weighted by Gasteiger charge is 2.24. The maximum absolute atomic E-state index is 11.7. The van der Waals surface area contributed by atoms with Gasteiger partial charge in [-0.3, -0.25) is 19.2 Å². The van der Waals surface area contributed by atoms with Gasteiger partial charge in [-0.2, -0.15) is 0 Å². The first kappa shape index (κ1) is 12.2. The third kappa shape index (κ3) is 1.89. The Labute approximate surface area is 112 Å². The van der Waals surface area contributed by atoms with Gasteiger partial charge in [0, 0.05) is 18.8 Å². The predicted molar refractivity (Wildman–Crippen MR) is 71.7 cm³/mol. The number of H-pyrrole nitrogens is 1. The van der Waals surface area contributed by atoms with Crippen molar-refractivity contribution in [3.8, 4) is 5.69 Å². The summed E-state index contributed by atoms with van der Waals surface area (Å²) in [5.41, 5.74) is 0.983. The number of anilines is 1. The lowest BCUT2D eigenvalue weighted by atomic mass is 10.1. The Morgan fingerprint density at radius 1 is 1.25 bits per heavy atom. The van der Waals surface area contributed by atoms with Gasteiger partial charge in [0.1, 0.15) is 0 Å². The number of rotatable bonds is 1. The lowest BCUT2D eigenvalue weighted by molar-refractivity contribution is 0.202. The van der Waals surface area contributed by atoms with Crippen LogP contribution in [0.5, 0.6) is 0 Å². The molecular formula is C13H11N3O4. The Balaban J connectivity index is 2.13. The van der Waals surface area contributed by atoms with Crippen LogP contribution < -0.4 is 16.1 Å². The summed E-state index contributed by atoms with van der Waals surface area (Å²) in [5, 5.41) is 9.12. The van der Waals surface area contributed by atoms with Crippen LogP contribution in [0.1, 0.15) is 5.56 Å². The molecule has 0 bridgehead atoms. The molecule has 0 aliphatic carbocycles. The Hall–Kier alpha value is -2.83. The largest absolute Gasteiger partial charge is 0.465 e. The van der Waals surface area contributed by atoms with Crippen LogP contribution in [0.25, 0.3) is 5.69 Å². The number of aromatic nitrogens is 2. The predicted octanol–water partition coefficient (Wildman–Crippen LogP) is 0.566. The van der Waals surface area contributed by atoms with Gasteiger partial charge >= 0.3 is 11.8 Å². The fraction of sp³-hybridized carbons (Fsp3) is 0.154. The molecule has 1 aliphatic rings. The molecule has 0 atom stereocenters. The van der Waals surface area contributed by atoms with E-state index in [1.165, 1.54) is 21.7 Å². The molecule has 0 saturated heterocycles. The number of hydrogen-bond acceptors (Lipinski definition) is 3. The lowest BCUT2D eigenvalue weighted by Crippen LogP contribution is -2.28. The number of carboxylic acid groups (broad SMARTS) is 1. The standard InChI is InChI=1S/C13H11N3O4/c17-11-4-6-15(12(18)14-11)9-2-1-8-3-5-16(13(19)20)10(8)7-9/h1-2,4,6-7H,3,5H2,(H,19,20)(H,14,17,18). The second-order valence-corrected chi connectivity index (χ2v) is 4.48. The summed E-state index contributed by atoms with van der Waals surface area (Å²) in [6.07, 6.45) is 1.00. The van der Waals surface area contributed by atoms with Crippen molar-refractivity contribution < 1.29 is 9.90 Å². The van der Waals surface area contributed by atoms with E-state index in [0.717, 1.165) is 5.56 Å². The van der Waals surface area contributed by atoms with Crippen molar-refractivity contribution in [1.82, 2.24) is 9.55 Å². The molecule has 1 aromatic carbocycles. The van der Waals surface area contributed by atoms with E-state index < -0.39 is 17.3 Å². The van der Waals surface area contributed by atoms with Crippen molar-refractivity contribution in [3.05, 3.63) is 56.9 Å². The molecule has 0 radical (unpaired) electrons. The maximum atomic E-state index is 11.7. The second-order valence-electron chi connectivity index (χ2n) is 4.48. The van der Waals surface area contributed by atoms with Crippen LogP contribution in [0.3, 0.4) is 0 Å². The first-order valence-electron chi connectivity index (χ1n) is 6.02. The van der Waals surface area contributed by atoms with Crippen molar-refractivity contribution in [3.63, 3.8) is 0 Å². The van der Waals surface area contributed by atoms with Gasteiger partial charge in [0.2, 0.25) is 0 Å². The van der Waals surface area contributed by atoms with Gasteiger partial charge in [0.05, 0.1) is 11.4 Å². The average molecular weight is 273 g/mol. The molecule has 1 aromatic heterocycles.